The zero-order chi connectivity index (χ0) is 17.7. The lowest BCUT2D eigenvalue weighted by Crippen LogP contribution is -2.29. The number of nitrogens with zero attached hydrogens (tertiary/aromatic N) is 2. The number of hydrogen-bond acceptors (Lipinski definition) is 5. The molecule has 2 atom stereocenters. The number of aromatic nitrogens is 2. The van der Waals surface area contributed by atoms with Gasteiger partial charge < -0.3 is 16.8 Å². The molecule has 2 heterocycles. The zero-order valence-corrected chi connectivity index (χ0v) is 14.3. The second-order valence-electron chi connectivity index (χ2n) is 6.68. The summed E-state index contributed by atoms with van der Waals surface area (Å²) >= 11 is 6.12. The minimum absolute atomic E-state index is 0.0371. The van der Waals surface area contributed by atoms with Crippen LogP contribution in [0.15, 0.2) is 12.1 Å². The highest BCUT2D eigenvalue weighted by Crippen LogP contribution is 2.39. The van der Waals surface area contributed by atoms with Gasteiger partial charge in [-0.3, -0.25) is 4.79 Å². The van der Waals surface area contributed by atoms with E-state index in [1.165, 1.54) is 16.8 Å². The normalized spacial score (nSPS) is 22.0. The summed E-state index contributed by atoms with van der Waals surface area (Å²) in [7, 11) is 0. The summed E-state index contributed by atoms with van der Waals surface area (Å²) in [5.74, 6) is -0.923. The van der Waals surface area contributed by atoms with Crippen molar-refractivity contribution in [1.29, 1.82) is 0 Å². The van der Waals surface area contributed by atoms with Crippen LogP contribution in [0, 0.1) is 5.82 Å². The van der Waals surface area contributed by atoms with Crippen molar-refractivity contribution in [2.24, 2.45) is 5.73 Å². The van der Waals surface area contributed by atoms with Crippen molar-refractivity contribution in [2.75, 3.05) is 17.6 Å². The predicted octanol–water partition coefficient (Wildman–Crippen LogP) is 2.31. The van der Waals surface area contributed by atoms with E-state index in [-0.39, 0.29) is 17.0 Å². The van der Waals surface area contributed by atoms with E-state index in [0.29, 0.717) is 42.9 Å². The number of nitrogens with one attached hydrogen (secondary N) is 1. The van der Waals surface area contributed by atoms with Gasteiger partial charge in [0.25, 0.3) is 5.91 Å². The van der Waals surface area contributed by atoms with Crippen molar-refractivity contribution < 1.29 is 9.18 Å². The summed E-state index contributed by atoms with van der Waals surface area (Å²) in [5.41, 5.74) is 15.0. The van der Waals surface area contributed by atoms with Gasteiger partial charge in [-0.15, -0.1) is 0 Å². The lowest BCUT2D eigenvalue weighted by Gasteiger charge is -2.26. The summed E-state index contributed by atoms with van der Waals surface area (Å²) in [4.78, 5) is 13.1. The number of hydrogen-bond donors (Lipinski definition) is 3. The number of carbonyl (C=O) groups excluding carboxylic acids is 1. The Kier molecular flexibility index (Phi) is 3.92. The van der Waals surface area contributed by atoms with Crippen molar-refractivity contribution in [1.82, 2.24) is 9.78 Å². The first kappa shape index (κ1) is 16.4. The first-order chi connectivity index (χ1) is 12.0. The van der Waals surface area contributed by atoms with Crippen LogP contribution in [0.5, 0.6) is 0 Å². The van der Waals surface area contributed by atoms with Crippen LogP contribution >= 0.6 is 11.6 Å². The molecule has 1 aromatic carbocycles. The Balaban J connectivity index is 1.74. The fourth-order valence-electron chi connectivity index (χ4n) is 3.74. The number of halogens is 2. The minimum atomic E-state index is -0.540. The third-order valence-corrected chi connectivity index (χ3v) is 5.33. The van der Waals surface area contributed by atoms with E-state index in [4.69, 9.17) is 23.1 Å². The molecule has 2 aliphatic rings. The topological polar surface area (TPSA) is 99.0 Å². The van der Waals surface area contributed by atoms with Crippen LogP contribution in [0.4, 0.5) is 15.9 Å². The summed E-state index contributed by atoms with van der Waals surface area (Å²) in [6, 6.07) is 2.63. The van der Waals surface area contributed by atoms with Gasteiger partial charge in [0, 0.05) is 18.2 Å². The van der Waals surface area contributed by atoms with Gasteiger partial charge in [-0.05, 0) is 43.4 Å². The average molecular weight is 364 g/mol. The van der Waals surface area contributed by atoms with Crippen molar-refractivity contribution in [3.63, 3.8) is 0 Å². The molecule has 5 N–H and O–H groups in total. The second kappa shape index (κ2) is 6.00. The second-order valence-corrected chi connectivity index (χ2v) is 7.09. The molecule has 1 aromatic heterocycles. The number of anilines is 2. The van der Waals surface area contributed by atoms with Gasteiger partial charge in [-0.2, -0.15) is 9.78 Å². The predicted molar refractivity (Wildman–Crippen MR) is 94.5 cm³/mol. The molecule has 132 valence electrons. The van der Waals surface area contributed by atoms with Crippen molar-refractivity contribution in [3.8, 4) is 0 Å². The van der Waals surface area contributed by atoms with Crippen molar-refractivity contribution in [2.45, 2.75) is 37.6 Å². The van der Waals surface area contributed by atoms with Gasteiger partial charge in [0.1, 0.15) is 11.6 Å². The standard InChI is InChI=1S/C17H19ClFN5O/c18-13-6-8(19)5-11-10(3-4-22-15(11)13)17(25)24-16(21)12-7-9(20)1-2-14(12)23-24/h5-6,9-10,22H,1-4,7,20-21H2/t9?,10-/m0/s1. The fraction of sp³-hybridized carbons (Fsp3) is 0.412. The molecule has 1 aliphatic carbocycles. The number of fused-ring (bicyclic) bond motifs is 2. The molecular weight excluding hydrogens is 345 g/mol. The number of nitrogen functional groups attached to an aromatic ring is 1. The third kappa shape index (κ3) is 2.67. The van der Waals surface area contributed by atoms with Gasteiger partial charge in [0.15, 0.2) is 0 Å². The molecule has 4 rings (SSSR count). The average Bonchev–Trinajstić information content (AvgIpc) is 2.90. The molecule has 0 radical (unpaired) electrons. The van der Waals surface area contributed by atoms with Gasteiger partial charge in [0.05, 0.1) is 22.3 Å². The summed E-state index contributed by atoms with van der Waals surface area (Å²) < 4.78 is 15.1. The van der Waals surface area contributed by atoms with Gasteiger partial charge in [0.2, 0.25) is 0 Å². The van der Waals surface area contributed by atoms with E-state index in [1.807, 2.05) is 0 Å². The van der Waals surface area contributed by atoms with E-state index < -0.39 is 11.7 Å². The number of rotatable bonds is 1. The van der Waals surface area contributed by atoms with Crippen LogP contribution in [0.25, 0.3) is 0 Å². The molecule has 0 saturated heterocycles. The number of benzene rings is 1. The quantitative estimate of drug-likeness (QED) is 0.722. The maximum absolute atomic E-state index is 13.8. The lowest BCUT2D eigenvalue weighted by molar-refractivity contribution is 0.0859. The van der Waals surface area contributed by atoms with E-state index in [1.54, 1.807) is 0 Å². The Morgan fingerprint density at radius 3 is 3.00 bits per heavy atom. The van der Waals surface area contributed by atoms with E-state index in [0.717, 1.165) is 17.7 Å². The first-order valence-electron chi connectivity index (χ1n) is 8.34. The fourth-order valence-corrected chi connectivity index (χ4v) is 4.02. The van der Waals surface area contributed by atoms with Crippen LogP contribution in [0.2, 0.25) is 5.02 Å². The molecule has 0 saturated carbocycles. The molecule has 1 unspecified atom stereocenters. The first-order valence-corrected chi connectivity index (χ1v) is 8.72. The molecule has 0 bridgehead atoms. The molecular formula is C17H19ClFN5O. The molecule has 25 heavy (non-hydrogen) atoms. The Bertz CT molecular complexity index is 865. The monoisotopic (exact) mass is 363 g/mol. The van der Waals surface area contributed by atoms with Crippen LogP contribution in [0.3, 0.4) is 0 Å². The highest BCUT2D eigenvalue weighted by Gasteiger charge is 2.33. The van der Waals surface area contributed by atoms with Crippen LogP contribution < -0.4 is 16.8 Å². The molecule has 6 nitrogen and oxygen atoms in total. The molecule has 0 amide bonds. The Morgan fingerprint density at radius 1 is 1.40 bits per heavy atom. The maximum Gasteiger partial charge on any atom is 0.256 e. The largest absolute Gasteiger partial charge is 0.384 e. The number of nitrogens with two attached hydrogens (primary N) is 2. The number of carbonyl (C=O) groups is 1. The van der Waals surface area contributed by atoms with Crippen LogP contribution in [-0.2, 0) is 12.8 Å². The van der Waals surface area contributed by atoms with Crippen LogP contribution in [-0.4, -0.2) is 28.3 Å². The molecule has 0 fully saturated rings. The highest BCUT2D eigenvalue weighted by molar-refractivity contribution is 6.33. The Morgan fingerprint density at radius 2 is 2.20 bits per heavy atom. The van der Waals surface area contributed by atoms with Gasteiger partial charge in [-0.25, -0.2) is 4.39 Å². The smallest absolute Gasteiger partial charge is 0.256 e. The van der Waals surface area contributed by atoms with Gasteiger partial charge >= 0.3 is 0 Å². The molecule has 8 heteroatoms. The highest BCUT2D eigenvalue weighted by atomic mass is 35.5. The third-order valence-electron chi connectivity index (χ3n) is 5.03. The molecule has 1 aliphatic heterocycles. The van der Waals surface area contributed by atoms with Crippen molar-refractivity contribution >= 4 is 29.0 Å². The van der Waals surface area contributed by atoms with Gasteiger partial charge in [-0.1, -0.05) is 11.6 Å². The molecule has 0 spiro atoms. The number of aryl methyl sites for hydroxylation is 1. The summed E-state index contributed by atoms with van der Waals surface area (Å²) in [6.45, 7) is 0.570. The van der Waals surface area contributed by atoms with Crippen LogP contribution in [0.1, 0.15) is 40.4 Å². The van der Waals surface area contributed by atoms with E-state index in [9.17, 15) is 9.18 Å². The van der Waals surface area contributed by atoms with E-state index >= 15 is 0 Å². The zero-order valence-electron chi connectivity index (χ0n) is 13.6. The van der Waals surface area contributed by atoms with E-state index in [2.05, 4.69) is 10.4 Å². The van der Waals surface area contributed by atoms with Crippen molar-refractivity contribution in [3.05, 3.63) is 39.8 Å². The Labute approximate surface area is 149 Å². The lowest BCUT2D eigenvalue weighted by atomic mass is 9.90. The Hall–Kier alpha value is -2.12. The summed E-state index contributed by atoms with van der Waals surface area (Å²) in [5, 5.41) is 7.82. The summed E-state index contributed by atoms with van der Waals surface area (Å²) in [6.07, 6.45) is 2.69. The molecule has 2 aromatic rings. The maximum atomic E-state index is 13.8. The SMILES string of the molecule is Nc1c2c(nn1C(=O)[C@H]1CCNc3c(Cl)cc(F)cc31)CCC(N)C2. The minimum Gasteiger partial charge on any atom is -0.384 e.